The van der Waals surface area contributed by atoms with Crippen LogP contribution in [0.25, 0.3) is 0 Å². The maximum Gasteiger partial charge on any atom is 0.277 e. The van der Waals surface area contributed by atoms with E-state index in [-0.39, 0.29) is 5.69 Å². The summed E-state index contributed by atoms with van der Waals surface area (Å²) in [6, 6.07) is 12.3. The normalized spacial score (nSPS) is 12.0. The molecule has 0 aliphatic carbocycles. The molecule has 0 amide bonds. The predicted molar refractivity (Wildman–Crippen MR) is 106 cm³/mol. The summed E-state index contributed by atoms with van der Waals surface area (Å²) in [5.74, 6) is -1.33. The van der Waals surface area contributed by atoms with E-state index in [0.717, 1.165) is 48.5 Å². The van der Waals surface area contributed by atoms with Gasteiger partial charge < -0.3 is 0 Å². The Kier molecular flexibility index (Phi) is 5.46. The Balaban J connectivity index is 2.32. The summed E-state index contributed by atoms with van der Waals surface area (Å²) in [4.78, 5) is -0.795. The number of aryl methyl sites for hydroxylation is 1. The molecule has 0 aromatic heterocycles. The molecule has 0 heterocycles. The summed E-state index contributed by atoms with van der Waals surface area (Å²) in [5.41, 5.74) is 1.04. The van der Waals surface area contributed by atoms with Crippen LogP contribution in [0.15, 0.2) is 76.5 Å². The lowest BCUT2D eigenvalue weighted by Gasteiger charge is -2.26. The quantitative estimate of drug-likeness (QED) is 0.601. The van der Waals surface area contributed by atoms with Crippen molar-refractivity contribution in [2.45, 2.75) is 23.6 Å². The molecule has 3 rings (SSSR count). The fourth-order valence-corrected chi connectivity index (χ4v) is 6.53. The zero-order valence-corrected chi connectivity index (χ0v) is 17.1. The van der Waals surface area contributed by atoms with Gasteiger partial charge in [0.2, 0.25) is 0 Å². The third kappa shape index (κ3) is 3.88. The Labute approximate surface area is 168 Å². The summed E-state index contributed by atoms with van der Waals surface area (Å²) < 4.78 is 80.3. The molecule has 152 valence electrons. The van der Waals surface area contributed by atoms with Crippen LogP contribution in [0.1, 0.15) is 11.1 Å². The molecule has 9 heteroatoms. The van der Waals surface area contributed by atoms with E-state index in [1.807, 2.05) is 0 Å². The van der Waals surface area contributed by atoms with E-state index in [9.17, 15) is 25.6 Å². The first kappa shape index (κ1) is 20.9. The molecule has 0 aliphatic rings. The molecule has 29 heavy (non-hydrogen) atoms. The Bertz CT molecular complexity index is 1180. The van der Waals surface area contributed by atoms with Crippen LogP contribution in [-0.4, -0.2) is 16.8 Å². The van der Waals surface area contributed by atoms with Crippen LogP contribution < -0.4 is 3.71 Å². The molecule has 0 aliphatic heterocycles. The largest absolute Gasteiger partial charge is 0.277 e. The molecule has 3 aromatic carbocycles. The molecule has 0 radical (unpaired) electrons. The van der Waals surface area contributed by atoms with Gasteiger partial charge in [0.05, 0.1) is 15.5 Å². The van der Waals surface area contributed by atoms with Crippen molar-refractivity contribution < 1.29 is 25.6 Å². The Morgan fingerprint density at radius 2 is 1.07 bits per heavy atom. The smallest absolute Gasteiger partial charge is 0.207 e. The first-order valence-corrected chi connectivity index (χ1v) is 11.3. The van der Waals surface area contributed by atoms with Gasteiger partial charge in [-0.1, -0.05) is 12.1 Å². The second-order valence-corrected chi connectivity index (χ2v) is 10.1. The highest BCUT2D eigenvalue weighted by Gasteiger charge is 2.38. The number of halogens is 2. The third-order valence-corrected chi connectivity index (χ3v) is 8.61. The molecule has 0 spiro atoms. The fraction of sp³-hybridized carbons (Fsp3) is 0.100. The van der Waals surface area contributed by atoms with E-state index in [1.54, 1.807) is 19.9 Å². The van der Waals surface area contributed by atoms with Gasteiger partial charge in [-0.15, -0.1) is 0 Å². The minimum Gasteiger partial charge on any atom is -0.207 e. The van der Waals surface area contributed by atoms with Crippen molar-refractivity contribution in [3.63, 3.8) is 0 Å². The van der Waals surface area contributed by atoms with E-state index in [2.05, 4.69) is 0 Å². The molecule has 0 fully saturated rings. The SMILES string of the molecule is Cc1cccc(N(S(=O)(=O)c2ccc(F)cc2)S(=O)(=O)c2ccc(F)cc2)c1C. The van der Waals surface area contributed by atoms with Gasteiger partial charge in [0.25, 0.3) is 20.0 Å². The molecule has 0 bridgehead atoms. The second-order valence-electron chi connectivity index (χ2n) is 6.33. The lowest BCUT2D eigenvalue weighted by Crippen LogP contribution is -2.37. The third-order valence-electron chi connectivity index (χ3n) is 4.43. The summed E-state index contributed by atoms with van der Waals surface area (Å²) in [6.45, 7) is 3.31. The Morgan fingerprint density at radius 3 is 1.48 bits per heavy atom. The maximum absolute atomic E-state index is 13.3. The van der Waals surface area contributed by atoms with E-state index in [0.29, 0.717) is 14.8 Å². The average Bonchev–Trinajstić information content (AvgIpc) is 2.66. The standard InChI is InChI=1S/C20H17F2NO4S2/c1-14-4-3-5-20(15(14)2)23(28(24,25)18-10-6-16(21)7-11-18)29(26,27)19-12-8-17(22)9-13-19/h3-13H,1-2H3. The number of hydrogen-bond donors (Lipinski definition) is 0. The van der Waals surface area contributed by atoms with Crippen LogP contribution in [0.3, 0.4) is 0 Å². The maximum atomic E-state index is 13.3. The zero-order chi connectivity index (χ0) is 21.4. The minimum absolute atomic E-state index is 0.0707. The van der Waals surface area contributed by atoms with Crippen LogP contribution in [0.5, 0.6) is 0 Å². The van der Waals surface area contributed by atoms with Crippen LogP contribution in [-0.2, 0) is 20.0 Å². The first-order chi connectivity index (χ1) is 13.5. The molecule has 0 N–H and O–H groups in total. The van der Waals surface area contributed by atoms with Crippen molar-refractivity contribution in [3.05, 3.63) is 89.5 Å². The van der Waals surface area contributed by atoms with Gasteiger partial charge in [-0.3, -0.25) is 0 Å². The topological polar surface area (TPSA) is 71.5 Å². The Morgan fingerprint density at radius 1 is 0.655 bits per heavy atom. The molecule has 3 aromatic rings. The van der Waals surface area contributed by atoms with E-state index < -0.39 is 41.5 Å². The highest BCUT2D eigenvalue weighted by molar-refractivity contribution is 8.10. The van der Waals surface area contributed by atoms with Crippen LogP contribution in [0.2, 0.25) is 0 Å². The van der Waals surface area contributed by atoms with Gasteiger partial charge in [0.1, 0.15) is 11.6 Å². The van der Waals surface area contributed by atoms with Crippen molar-refractivity contribution in [3.8, 4) is 0 Å². The summed E-state index contributed by atoms with van der Waals surface area (Å²) >= 11 is 0. The van der Waals surface area contributed by atoms with E-state index in [1.165, 1.54) is 12.1 Å². The molecular formula is C20H17F2NO4S2. The number of benzene rings is 3. The highest BCUT2D eigenvalue weighted by atomic mass is 32.3. The van der Waals surface area contributed by atoms with Gasteiger partial charge in [0.15, 0.2) is 0 Å². The van der Waals surface area contributed by atoms with E-state index in [4.69, 9.17) is 0 Å². The Hall–Kier alpha value is -2.78. The van der Waals surface area contributed by atoms with Crippen molar-refractivity contribution in [1.29, 1.82) is 0 Å². The molecular weight excluding hydrogens is 420 g/mol. The molecule has 0 unspecified atom stereocenters. The molecule has 0 saturated carbocycles. The lowest BCUT2D eigenvalue weighted by atomic mass is 10.1. The average molecular weight is 437 g/mol. The molecule has 5 nitrogen and oxygen atoms in total. The van der Waals surface area contributed by atoms with Crippen LogP contribution in [0.4, 0.5) is 14.5 Å². The van der Waals surface area contributed by atoms with Gasteiger partial charge in [-0.05, 0) is 79.6 Å². The number of sulfonamides is 2. The van der Waals surface area contributed by atoms with Crippen molar-refractivity contribution in [2.75, 3.05) is 3.71 Å². The number of nitrogens with zero attached hydrogens (tertiary/aromatic N) is 1. The van der Waals surface area contributed by atoms with Crippen molar-refractivity contribution >= 4 is 25.7 Å². The van der Waals surface area contributed by atoms with Gasteiger partial charge in [-0.2, -0.15) is 3.71 Å². The van der Waals surface area contributed by atoms with Gasteiger partial charge in [-0.25, -0.2) is 25.6 Å². The highest BCUT2D eigenvalue weighted by Crippen LogP contribution is 2.34. The number of hydrogen-bond acceptors (Lipinski definition) is 4. The zero-order valence-electron chi connectivity index (χ0n) is 15.5. The fourth-order valence-electron chi connectivity index (χ4n) is 2.73. The second kappa shape index (κ2) is 7.57. The lowest BCUT2D eigenvalue weighted by molar-refractivity contribution is 0.583. The minimum atomic E-state index is -4.64. The first-order valence-electron chi connectivity index (χ1n) is 8.43. The van der Waals surface area contributed by atoms with Gasteiger partial charge in [0, 0.05) is 0 Å². The number of anilines is 1. The monoisotopic (exact) mass is 437 g/mol. The number of rotatable bonds is 5. The summed E-state index contributed by atoms with van der Waals surface area (Å²) in [6.07, 6.45) is 0. The molecule has 0 atom stereocenters. The summed E-state index contributed by atoms with van der Waals surface area (Å²) in [7, 11) is -9.28. The molecule has 0 saturated heterocycles. The van der Waals surface area contributed by atoms with Gasteiger partial charge >= 0.3 is 0 Å². The van der Waals surface area contributed by atoms with Crippen molar-refractivity contribution in [1.82, 2.24) is 0 Å². The van der Waals surface area contributed by atoms with E-state index >= 15 is 0 Å². The van der Waals surface area contributed by atoms with Crippen LogP contribution >= 0.6 is 0 Å². The van der Waals surface area contributed by atoms with Crippen molar-refractivity contribution in [2.24, 2.45) is 0 Å². The summed E-state index contributed by atoms with van der Waals surface area (Å²) in [5, 5.41) is 0. The predicted octanol–water partition coefficient (Wildman–Crippen LogP) is 4.17. The van der Waals surface area contributed by atoms with Crippen LogP contribution in [0, 0.1) is 25.5 Å².